The molecule has 1 fully saturated rings. The summed E-state index contributed by atoms with van der Waals surface area (Å²) in [5.41, 5.74) is 1.23. The van der Waals surface area contributed by atoms with Crippen molar-refractivity contribution in [2.75, 3.05) is 11.9 Å². The number of carbonyl (C=O) groups excluding carboxylic acids is 2. The maximum Gasteiger partial charge on any atom is 0.324 e. The second-order valence-corrected chi connectivity index (χ2v) is 8.16. The van der Waals surface area contributed by atoms with E-state index in [0.717, 1.165) is 5.56 Å². The molecule has 7 nitrogen and oxygen atoms in total. The van der Waals surface area contributed by atoms with Gasteiger partial charge in [-0.25, -0.2) is 8.42 Å². The van der Waals surface area contributed by atoms with Crippen LogP contribution in [-0.4, -0.2) is 32.9 Å². The summed E-state index contributed by atoms with van der Waals surface area (Å²) in [6.07, 6.45) is 0.446. The molecule has 1 atom stereocenters. The van der Waals surface area contributed by atoms with Crippen LogP contribution in [0.1, 0.15) is 12.0 Å². The summed E-state index contributed by atoms with van der Waals surface area (Å²) >= 11 is 5.90. The second kappa shape index (κ2) is 8.08. The van der Waals surface area contributed by atoms with Crippen LogP contribution < -0.4 is 10.0 Å². The maximum atomic E-state index is 12.3. The Balaban J connectivity index is 1.62. The number of rotatable bonds is 6. The Kier molecular flexibility index (Phi) is 5.79. The van der Waals surface area contributed by atoms with Crippen LogP contribution in [-0.2, 0) is 30.8 Å². The minimum Gasteiger partial charge on any atom is -0.464 e. The molecule has 142 valence electrons. The van der Waals surface area contributed by atoms with Crippen LogP contribution in [0.5, 0.6) is 0 Å². The molecule has 0 spiro atoms. The average molecular weight is 409 g/mol. The number of cyclic esters (lactones) is 1. The number of anilines is 1. The molecule has 1 amide bonds. The second-order valence-electron chi connectivity index (χ2n) is 6.01. The van der Waals surface area contributed by atoms with Crippen LogP contribution in [0.25, 0.3) is 0 Å². The van der Waals surface area contributed by atoms with Crippen molar-refractivity contribution in [1.82, 2.24) is 4.72 Å². The molecule has 3 rings (SSSR count). The number of esters is 1. The smallest absolute Gasteiger partial charge is 0.324 e. The number of carbonyl (C=O) groups is 2. The van der Waals surface area contributed by atoms with Crippen molar-refractivity contribution in [2.45, 2.75) is 23.8 Å². The number of amides is 1. The first kappa shape index (κ1) is 19.3. The highest BCUT2D eigenvalue weighted by Gasteiger charge is 2.31. The van der Waals surface area contributed by atoms with Crippen LogP contribution >= 0.6 is 11.6 Å². The summed E-state index contributed by atoms with van der Waals surface area (Å²) in [4.78, 5) is 23.5. The fraction of sp³-hybridized carbons (Fsp3) is 0.222. The van der Waals surface area contributed by atoms with Gasteiger partial charge in [0.25, 0.3) is 0 Å². The number of benzene rings is 2. The normalized spacial score (nSPS) is 16.8. The Morgan fingerprint density at radius 2 is 1.93 bits per heavy atom. The average Bonchev–Trinajstić information content (AvgIpc) is 2.99. The van der Waals surface area contributed by atoms with E-state index in [9.17, 15) is 18.0 Å². The van der Waals surface area contributed by atoms with E-state index in [1.807, 2.05) is 0 Å². The molecule has 1 heterocycles. The van der Waals surface area contributed by atoms with Gasteiger partial charge in [0.1, 0.15) is 6.04 Å². The van der Waals surface area contributed by atoms with Gasteiger partial charge in [0.05, 0.1) is 17.9 Å². The number of hydrogen-bond acceptors (Lipinski definition) is 5. The monoisotopic (exact) mass is 408 g/mol. The van der Waals surface area contributed by atoms with Gasteiger partial charge in [-0.1, -0.05) is 23.7 Å². The van der Waals surface area contributed by atoms with Gasteiger partial charge in [-0.2, -0.15) is 4.72 Å². The van der Waals surface area contributed by atoms with E-state index in [4.69, 9.17) is 16.3 Å². The number of nitrogens with one attached hydrogen (secondary N) is 2. The number of hydrogen-bond donors (Lipinski definition) is 2. The van der Waals surface area contributed by atoms with Crippen molar-refractivity contribution in [3.8, 4) is 0 Å². The van der Waals surface area contributed by atoms with Gasteiger partial charge < -0.3 is 10.1 Å². The van der Waals surface area contributed by atoms with Crippen molar-refractivity contribution < 1.29 is 22.7 Å². The molecule has 1 aliphatic rings. The molecule has 2 aromatic rings. The van der Waals surface area contributed by atoms with Gasteiger partial charge in [0.2, 0.25) is 15.9 Å². The lowest BCUT2D eigenvalue weighted by Gasteiger charge is -2.11. The standard InChI is InChI=1S/C18H17ClN2O5S/c19-13-3-1-2-12(10-13)11-17(22)20-14-4-6-15(7-5-14)27(24,25)21-16-8-9-26-18(16)23/h1-7,10,16,21H,8-9,11H2,(H,20,22)/t16-/m0/s1. The van der Waals surface area contributed by atoms with Gasteiger partial charge in [0, 0.05) is 17.1 Å². The Morgan fingerprint density at radius 1 is 1.19 bits per heavy atom. The van der Waals surface area contributed by atoms with Gasteiger partial charge in [-0.3, -0.25) is 9.59 Å². The zero-order chi connectivity index (χ0) is 19.4. The Labute approximate surface area is 161 Å². The highest BCUT2D eigenvalue weighted by Crippen LogP contribution is 2.17. The van der Waals surface area contributed by atoms with E-state index in [-0.39, 0.29) is 23.8 Å². The van der Waals surface area contributed by atoms with Crippen LogP contribution in [0.15, 0.2) is 53.4 Å². The third-order valence-corrected chi connectivity index (χ3v) is 5.66. The van der Waals surface area contributed by atoms with Crippen LogP contribution in [0.4, 0.5) is 5.69 Å². The Morgan fingerprint density at radius 3 is 2.56 bits per heavy atom. The summed E-state index contributed by atoms with van der Waals surface area (Å²) in [5, 5.41) is 3.25. The SMILES string of the molecule is O=C(Cc1cccc(Cl)c1)Nc1ccc(S(=O)(=O)N[C@H]2CCOC2=O)cc1. The highest BCUT2D eigenvalue weighted by molar-refractivity contribution is 7.89. The molecule has 9 heteroatoms. The molecule has 0 unspecified atom stereocenters. The molecule has 0 radical (unpaired) electrons. The summed E-state index contributed by atoms with van der Waals surface area (Å²) < 4.78 is 31.7. The van der Waals surface area contributed by atoms with Crippen LogP contribution in [0.3, 0.4) is 0 Å². The lowest BCUT2D eigenvalue weighted by atomic mass is 10.1. The van der Waals surface area contributed by atoms with Crippen molar-refractivity contribution in [1.29, 1.82) is 0 Å². The third kappa shape index (κ3) is 5.06. The predicted molar refractivity (Wildman–Crippen MR) is 99.9 cm³/mol. The first-order valence-corrected chi connectivity index (χ1v) is 10.0. The fourth-order valence-electron chi connectivity index (χ4n) is 2.61. The fourth-order valence-corrected chi connectivity index (χ4v) is 4.05. The summed E-state index contributed by atoms with van der Waals surface area (Å²) in [7, 11) is -3.85. The minimum atomic E-state index is -3.85. The van der Waals surface area contributed by atoms with E-state index in [1.165, 1.54) is 24.3 Å². The highest BCUT2D eigenvalue weighted by atomic mass is 35.5. The summed E-state index contributed by atoms with van der Waals surface area (Å²) in [5.74, 6) is -0.830. The van der Waals surface area contributed by atoms with Gasteiger partial charge in [0.15, 0.2) is 0 Å². The Hall–Kier alpha value is -2.42. The number of sulfonamides is 1. The molecule has 0 aromatic heterocycles. The number of halogens is 1. The summed E-state index contributed by atoms with van der Waals surface area (Å²) in [6.45, 7) is 0.198. The van der Waals surface area contributed by atoms with E-state index in [2.05, 4.69) is 10.0 Å². The van der Waals surface area contributed by atoms with Crippen LogP contribution in [0, 0.1) is 0 Å². The van der Waals surface area contributed by atoms with E-state index >= 15 is 0 Å². The van der Waals surface area contributed by atoms with Gasteiger partial charge in [-0.05, 0) is 42.0 Å². The summed E-state index contributed by atoms with van der Waals surface area (Å²) in [6, 6.07) is 11.8. The van der Waals surface area contributed by atoms with Crippen molar-refractivity contribution >= 4 is 39.2 Å². The van der Waals surface area contributed by atoms with Crippen molar-refractivity contribution in [3.05, 3.63) is 59.1 Å². The molecule has 2 N–H and O–H groups in total. The molecule has 0 saturated carbocycles. The largest absolute Gasteiger partial charge is 0.464 e. The molecule has 1 saturated heterocycles. The molecule has 0 bridgehead atoms. The number of ether oxygens (including phenoxy) is 1. The maximum absolute atomic E-state index is 12.3. The first-order chi connectivity index (χ1) is 12.8. The lowest BCUT2D eigenvalue weighted by molar-refractivity contribution is -0.139. The van der Waals surface area contributed by atoms with Crippen LogP contribution in [0.2, 0.25) is 5.02 Å². The molecule has 1 aliphatic heterocycles. The van der Waals surface area contributed by atoms with Gasteiger partial charge in [-0.15, -0.1) is 0 Å². The van der Waals surface area contributed by atoms with E-state index < -0.39 is 22.0 Å². The molecule has 0 aliphatic carbocycles. The predicted octanol–water partition coefficient (Wildman–Crippen LogP) is 2.12. The van der Waals surface area contributed by atoms with Gasteiger partial charge >= 0.3 is 5.97 Å². The van der Waals surface area contributed by atoms with E-state index in [0.29, 0.717) is 17.1 Å². The minimum absolute atomic E-state index is 0.00459. The quantitative estimate of drug-likeness (QED) is 0.713. The third-order valence-electron chi connectivity index (χ3n) is 3.93. The molecule has 27 heavy (non-hydrogen) atoms. The first-order valence-electron chi connectivity index (χ1n) is 8.17. The Bertz CT molecular complexity index is 960. The van der Waals surface area contributed by atoms with E-state index in [1.54, 1.807) is 24.3 Å². The zero-order valence-electron chi connectivity index (χ0n) is 14.1. The zero-order valence-corrected chi connectivity index (χ0v) is 15.7. The molecular weight excluding hydrogens is 392 g/mol. The lowest BCUT2D eigenvalue weighted by Crippen LogP contribution is -2.37. The van der Waals surface area contributed by atoms with Crippen molar-refractivity contribution in [3.63, 3.8) is 0 Å². The van der Waals surface area contributed by atoms with Crippen molar-refractivity contribution in [2.24, 2.45) is 0 Å². The topological polar surface area (TPSA) is 102 Å². The molecule has 2 aromatic carbocycles. The molecular formula is C18H17ClN2O5S.